The predicted molar refractivity (Wildman–Crippen MR) is 57.7 cm³/mol. The second kappa shape index (κ2) is 5.57. The SMILES string of the molecule is COc1ccc(O)c(C=CCN=[N+]=[N-])c1. The Balaban J connectivity index is 2.83. The summed E-state index contributed by atoms with van der Waals surface area (Å²) < 4.78 is 5.01. The zero-order valence-corrected chi connectivity index (χ0v) is 8.29. The number of methoxy groups -OCH3 is 1. The molecule has 0 aliphatic rings. The molecule has 0 saturated heterocycles. The van der Waals surface area contributed by atoms with Crippen LogP contribution >= 0.6 is 0 Å². The van der Waals surface area contributed by atoms with Crippen molar-refractivity contribution in [3.63, 3.8) is 0 Å². The van der Waals surface area contributed by atoms with Gasteiger partial charge in [-0.05, 0) is 23.7 Å². The van der Waals surface area contributed by atoms with Gasteiger partial charge in [-0.3, -0.25) is 0 Å². The van der Waals surface area contributed by atoms with E-state index in [0.29, 0.717) is 11.3 Å². The molecule has 0 amide bonds. The predicted octanol–water partition coefficient (Wildman–Crippen LogP) is 2.72. The molecule has 0 unspecified atom stereocenters. The Morgan fingerprint density at radius 2 is 2.40 bits per heavy atom. The highest BCUT2D eigenvalue weighted by Crippen LogP contribution is 2.23. The summed E-state index contributed by atoms with van der Waals surface area (Å²) in [6.45, 7) is 0.257. The van der Waals surface area contributed by atoms with Crippen molar-refractivity contribution in [3.8, 4) is 11.5 Å². The molecule has 0 aromatic heterocycles. The molecular weight excluding hydrogens is 194 g/mol. The van der Waals surface area contributed by atoms with Crippen LogP contribution in [0.4, 0.5) is 0 Å². The molecule has 0 saturated carbocycles. The summed E-state index contributed by atoms with van der Waals surface area (Å²) in [5, 5.41) is 12.8. The van der Waals surface area contributed by atoms with Crippen molar-refractivity contribution >= 4 is 6.08 Å². The quantitative estimate of drug-likeness (QED) is 0.466. The maximum atomic E-state index is 9.48. The fourth-order valence-electron chi connectivity index (χ4n) is 1.06. The van der Waals surface area contributed by atoms with Crippen LogP contribution in [0.5, 0.6) is 11.5 Å². The summed E-state index contributed by atoms with van der Waals surface area (Å²) >= 11 is 0. The van der Waals surface area contributed by atoms with E-state index in [1.165, 1.54) is 0 Å². The van der Waals surface area contributed by atoms with E-state index in [4.69, 9.17) is 10.3 Å². The lowest BCUT2D eigenvalue weighted by Gasteiger charge is -2.02. The van der Waals surface area contributed by atoms with Crippen molar-refractivity contribution in [2.75, 3.05) is 13.7 Å². The number of phenols is 1. The van der Waals surface area contributed by atoms with Gasteiger partial charge in [0, 0.05) is 17.0 Å². The first-order chi connectivity index (χ1) is 7.27. The Morgan fingerprint density at radius 1 is 1.60 bits per heavy atom. The first kappa shape index (κ1) is 10.9. The van der Waals surface area contributed by atoms with E-state index in [-0.39, 0.29) is 12.3 Å². The average Bonchev–Trinajstić information content (AvgIpc) is 2.26. The van der Waals surface area contributed by atoms with Gasteiger partial charge in [-0.1, -0.05) is 17.3 Å². The zero-order valence-electron chi connectivity index (χ0n) is 8.29. The molecule has 1 aromatic rings. The van der Waals surface area contributed by atoms with Crippen LogP contribution in [0.15, 0.2) is 29.4 Å². The molecule has 1 aromatic carbocycles. The third-order valence-electron chi connectivity index (χ3n) is 1.78. The molecule has 0 heterocycles. The van der Waals surface area contributed by atoms with E-state index >= 15 is 0 Å². The van der Waals surface area contributed by atoms with Gasteiger partial charge >= 0.3 is 0 Å². The van der Waals surface area contributed by atoms with E-state index in [0.717, 1.165) is 0 Å². The monoisotopic (exact) mass is 205 g/mol. The van der Waals surface area contributed by atoms with Gasteiger partial charge in [0.25, 0.3) is 0 Å². The van der Waals surface area contributed by atoms with Gasteiger partial charge in [-0.2, -0.15) is 0 Å². The lowest BCUT2D eigenvalue weighted by molar-refractivity contribution is 0.412. The fraction of sp³-hybridized carbons (Fsp3) is 0.200. The van der Waals surface area contributed by atoms with Crippen molar-refractivity contribution in [2.24, 2.45) is 5.11 Å². The van der Waals surface area contributed by atoms with Gasteiger partial charge in [0.05, 0.1) is 7.11 Å². The molecule has 0 radical (unpaired) electrons. The van der Waals surface area contributed by atoms with E-state index < -0.39 is 0 Å². The van der Waals surface area contributed by atoms with Gasteiger partial charge in [-0.25, -0.2) is 0 Å². The summed E-state index contributed by atoms with van der Waals surface area (Å²) in [7, 11) is 1.56. The van der Waals surface area contributed by atoms with Gasteiger partial charge in [0.15, 0.2) is 0 Å². The van der Waals surface area contributed by atoms with E-state index in [9.17, 15) is 5.11 Å². The van der Waals surface area contributed by atoms with Crippen molar-refractivity contribution in [1.82, 2.24) is 0 Å². The maximum absolute atomic E-state index is 9.48. The minimum atomic E-state index is 0.160. The number of hydrogen-bond donors (Lipinski definition) is 1. The fourth-order valence-corrected chi connectivity index (χ4v) is 1.06. The van der Waals surface area contributed by atoms with Crippen LogP contribution in [-0.4, -0.2) is 18.8 Å². The van der Waals surface area contributed by atoms with E-state index in [2.05, 4.69) is 10.0 Å². The zero-order chi connectivity index (χ0) is 11.1. The molecule has 1 N–H and O–H groups in total. The standard InChI is InChI=1S/C10H11N3O2/c1-15-9-4-5-10(14)8(7-9)3-2-6-12-13-11/h2-5,7,14H,6H2,1H3. The number of aromatic hydroxyl groups is 1. The third-order valence-corrected chi connectivity index (χ3v) is 1.78. The summed E-state index contributed by atoms with van der Waals surface area (Å²) in [5.41, 5.74) is 8.68. The lowest BCUT2D eigenvalue weighted by Crippen LogP contribution is -1.83. The van der Waals surface area contributed by atoms with E-state index in [1.807, 2.05) is 0 Å². The molecule has 0 aliphatic carbocycles. The molecule has 5 nitrogen and oxygen atoms in total. The number of ether oxygens (including phenoxy) is 1. The van der Waals surface area contributed by atoms with Crippen LogP contribution in [0.25, 0.3) is 16.5 Å². The summed E-state index contributed by atoms with van der Waals surface area (Å²) in [5.74, 6) is 0.823. The molecule has 0 aliphatic heterocycles. The Hall–Kier alpha value is -2.13. The number of rotatable bonds is 4. The van der Waals surface area contributed by atoms with Crippen molar-refractivity contribution in [3.05, 3.63) is 40.3 Å². The van der Waals surface area contributed by atoms with E-state index in [1.54, 1.807) is 37.5 Å². The third kappa shape index (κ3) is 3.25. The molecule has 15 heavy (non-hydrogen) atoms. The van der Waals surface area contributed by atoms with Crippen LogP contribution in [-0.2, 0) is 0 Å². The Morgan fingerprint density at radius 3 is 3.07 bits per heavy atom. The maximum Gasteiger partial charge on any atom is 0.123 e. The molecule has 78 valence electrons. The summed E-state index contributed by atoms with van der Waals surface area (Å²) in [6.07, 6.45) is 3.33. The van der Waals surface area contributed by atoms with Crippen molar-refractivity contribution in [2.45, 2.75) is 0 Å². The Kier molecular flexibility index (Phi) is 4.06. The van der Waals surface area contributed by atoms with Gasteiger partial charge < -0.3 is 9.84 Å². The number of nitrogens with zero attached hydrogens (tertiary/aromatic N) is 3. The molecule has 5 heteroatoms. The summed E-state index contributed by atoms with van der Waals surface area (Å²) in [6, 6.07) is 4.91. The average molecular weight is 205 g/mol. The second-order valence-corrected chi connectivity index (χ2v) is 2.74. The van der Waals surface area contributed by atoms with Crippen LogP contribution in [0.3, 0.4) is 0 Å². The Labute approximate surface area is 87.2 Å². The first-order valence-electron chi connectivity index (χ1n) is 4.32. The second-order valence-electron chi connectivity index (χ2n) is 2.74. The molecule has 1 rings (SSSR count). The van der Waals surface area contributed by atoms with Crippen LogP contribution in [0, 0.1) is 0 Å². The minimum absolute atomic E-state index is 0.160. The van der Waals surface area contributed by atoms with Gasteiger partial charge in [-0.15, -0.1) is 0 Å². The largest absolute Gasteiger partial charge is 0.507 e. The lowest BCUT2D eigenvalue weighted by atomic mass is 10.2. The van der Waals surface area contributed by atoms with Gasteiger partial charge in [0.2, 0.25) is 0 Å². The summed E-state index contributed by atoms with van der Waals surface area (Å²) in [4.78, 5) is 2.61. The minimum Gasteiger partial charge on any atom is -0.507 e. The molecule has 0 atom stereocenters. The molecule has 0 bridgehead atoms. The Bertz CT molecular complexity index is 409. The molecule has 0 spiro atoms. The van der Waals surface area contributed by atoms with Crippen LogP contribution in [0.2, 0.25) is 0 Å². The highest BCUT2D eigenvalue weighted by atomic mass is 16.5. The number of azide groups is 1. The van der Waals surface area contributed by atoms with Crippen molar-refractivity contribution < 1.29 is 9.84 Å². The molecular formula is C10H11N3O2. The highest BCUT2D eigenvalue weighted by Gasteiger charge is 1.98. The molecule has 0 fully saturated rings. The van der Waals surface area contributed by atoms with Gasteiger partial charge in [0.1, 0.15) is 11.5 Å². The van der Waals surface area contributed by atoms with Crippen LogP contribution < -0.4 is 4.74 Å². The number of benzene rings is 1. The first-order valence-corrected chi connectivity index (χ1v) is 4.32. The van der Waals surface area contributed by atoms with Crippen LogP contribution in [0.1, 0.15) is 5.56 Å². The number of hydrogen-bond acceptors (Lipinski definition) is 3. The highest BCUT2D eigenvalue weighted by molar-refractivity contribution is 5.59. The van der Waals surface area contributed by atoms with Crippen molar-refractivity contribution in [1.29, 1.82) is 0 Å². The number of phenolic OH excluding ortho intramolecular Hbond substituents is 1. The normalized spacial score (nSPS) is 9.93. The topological polar surface area (TPSA) is 78.2 Å². The smallest absolute Gasteiger partial charge is 0.123 e.